The van der Waals surface area contributed by atoms with E-state index >= 15 is 0 Å². The third-order valence-electron chi connectivity index (χ3n) is 3.60. The third kappa shape index (κ3) is 1.43. The minimum Gasteiger partial charge on any atom is -0.296 e. The standard InChI is InChI=1S/C13H13NO2/c15-11-7-13(8-12(16)14-11)5-9-3-1-2-4-10(9)6-13/h1-4H,5-8H2,(H,14,15,16). The molecule has 0 unspecified atom stereocenters. The number of carbonyl (C=O) groups is 2. The highest BCUT2D eigenvalue weighted by atomic mass is 16.2. The molecule has 0 bridgehead atoms. The maximum Gasteiger partial charge on any atom is 0.227 e. The van der Waals surface area contributed by atoms with E-state index in [-0.39, 0.29) is 17.2 Å². The van der Waals surface area contributed by atoms with Crippen molar-refractivity contribution >= 4 is 11.8 Å². The Kier molecular flexibility index (Phi) is 1.90. The Balaban J connectivity index is 1.93. The molecule has 2 amide bonds. The van der Waals surface area contributed by atoms with Gasteiger partial charge in [-0.3, -0.25) is 14.9 Å². The fraction of sp³-hybridized carbons (Fsp3) is 0.385. The van der Waals surface area contributed by atoms with E-state index in [1.54, 1.807) is 0 Å². The highest BCUT2D eigenvalue weighted by molar-refractivity contribution is 5.98. The molecule has 1 aliphatic carbocycles. The van der Waals surface area contributed by atoms with Crippen LogP contribution in [0.2, 0.25) is 0 Å². The van der Waals surface area contributed by atoms with Gasteiger partial charge >= 0.3 is 0 Å². The summed E-state index contributed by atoms with van der Waals surface area (Å²) < 4.78 is 0. The van der Waals surface area contributed by atoms with Gasteiger partial charge in [-0.05, 0) is 29.4 Å². The molecule has 0 aromatic heterocycles. The van der Waals surface area contributed by atoms with Crippen molar-refractivity contribution in [2.75, 3.05) is 0 Å². The lowest BCUT2D eigenvalue weighted by Gasteiger charge is -2.31. The predicted octanol–water partition coefficient (Wildman–Crippen LogP) is 1.21. The first-order valence-electron chi connectivity index (χ1n) is 5.56. The molecule has 1 aliphatic heterocycles. The summed E-state index contributed by atoms with van der Waals surface area (Å²) in [5, 5.41) is 2.38. The lowest BCUT2D eigenvalue weighted by Crippen LogP contribution is -2.45. The second kappa shape index (κ2) is 3.17. The van der Waals surface area contributed by atoms with Crippen LogP contribution in [0.5, 0.6) is 0 Å². The number of hydrogen-bond donors (Lipinski definition) is 1. The Morgan fingerprint density at radius 1 is 0.875 bits per heavy atom. The van der Waals surface area contributed by atoms with Gasteiger partial charge in [0.05, 0.1) is 0 Å². The highest BCUT2D eigenvalue weighted by Crippen LogP contribution is 2.43. The van der Waals surface area contributed by atoms with Gasteiger partial charge in [0, 0.05) is 12.8 Å². The lowest BCUT2D eigenvalue weighted by atomic mass is 9.76. The normalized spacial score (nSPS) is 22.0. The molecule has 3 heteroatoms. The van der Waals surface area contributed by atoms with E-state index in [2.05, 4.69) is 17.4 Å². The van der Waals surface area contributed by atoms with E-state index in [9.17, 15) is 9.59 Å². The molecule has 1 aromatic carbocycles. The molecule has 2 aliphatic rings. The second-order valence-electron chi connectivity index (χ2n) is 4.95. The molecule has 1 saturated heterocycles. The summed E-state index contributed by atoms with van der Waals surface area (Å²) in [6.45, 7) is 0. The van der Waals surface area contributed by atoms with Crippen LogP contribution >= 0.6 is 0 Å². The first kappa shape index (κ1) is 9.58. The van der Waals surface area contributed by atoms with Crippen molar-refractivity contribution in [2.24, 2.45) is 5.41 Å². The molecule has 1 N–H and O–H groups in total. The quantitative estimate of drug-likeness (QED) is 0.661. The first-order chi connectivity index (χ1) is 7.67. The van der Waals surface area contributed by atoms with E-state index in [1.807, 2.05) is 12.1 Å². The van der Waals surface area contributed by atoms with Crippen LogP contribution in [-0.2, 0) is 22.4 Å². The Bertz CT molecular complexity index is 436. The zero-order valence-corrected chi connectivity index (χ0v) is 8.95. The molecule has 0 atom stereocenters. The van der Waals surface area contributed by atoms with Crippen molar-refractivity contribution in [1.29, 1.82) is 0 Å². The molecule has 82 valence electrons. The summed E-state index contributed by atoms with van der Waals surface area (Å²) >= 11 is 0. The third-order valence-corrected chi connectivity index (χ3v) is 3.60. The van der Waals surface area contributed by atoms with Gasteiger partial charge in [-0.25, -0.2) is 0 Å². The van der Waals surface area contributed by atoms with Crippen molar-refractivity contribution in [3.63, 3.8) is 0 Å². The van der Waals surface area contributed by atoms with Crippen molar-refractivity contribution in [3.05, 3.63) is 35.4 Å². The number of imide groups is 1. The predicted molar refractivity (Wildman–Crippen MR) is 58.7 cm³/mol. The topological polar surface area (TPSA) is 46.2 Å². The maximum atomic E-state index is 11.5. The largest absolute Gasteiger partial charge is 0.296 e. The number of hydrogen-bond acceptors (Lipinski definition) is 2. The number of piperidine rings is 1. The Labute approximate surface area is 93.8 Å². The van der Waals surface area contributed by atoms with Crippen LogP contribution < -0.4 is 5.32 Å². The summed E-state index contributed by atoms with van der Waals surface area (Å²) in [5.74, 6) is -0.242. The van der Waals surface area contributed by atoms with Crippen molar-refractivity contribution in [2.45, 2.75) is 25.7 Å². The minimum absolute atomic E-state index is 0.121. The van der Waals surface area contributed by atoms with Crippen LogP contribution in [0.3, 0.4) is 0 Å². The van der Waals surface area contributed by atoms with Crippen LogP contribution in [0, 0.1) is 5.41 Å². The average Bonchev–Trinajstić information content (AvgIpc) is 2.52. The van der Waals surface area contributed by atoms with Crippen LogP contribution in [0.15, 0.2) is 24.3 Å². The summed E-state index contributed by atoms with van der Waals surface area (Å²) in [4.78, 5) is 22.9. The fourth-order valence-corrected chi connectivity index (χ4v) is 3.01. The van der Waals surface area contributed by atoms with Gasteiger partial charge in [-0.2, -0.15) is 0 Å². The zero-order chi connectivity index (χ0) is 11.2. The van der Waals surface area contributed by atoms with Gasteiger partial charge in [0.15, 0.2) is 0 Å². The van der Waals surface area contributed by atoms with E-state index in [0.29, 0.717) is 12.8 Å². The van der Waals surface area contributed by atoms with Gasteiger partial charge in [0.1, 0.15) is 0 Å². The van der Waals surface area contributed by atoms with E-state index < -0.39 is 0 Å². The molecule has 0 saturated carbocycles. The second-order valence-corrected chi connectivity index (χ2v) is 4.95. The molecule has 1 aromatic rings. The summed E-state index contributed by atoms with van der Waals surface area (Å²) in [7, 11) is 0. The Hall–Kier alpha value is -1.64. The number of carbonyl (C=O) groups excluding carboxylic acids is 2. The van der Waals surface area contributed by atoms with Gasteiger partial charge in [-0.1, -0.05) is 24.3 Å². The molecule has 3 rings (SSSR count). The van der Waals surface area contributed by atoms with E-state index in [0.717, 1.165) is 12.8 Å². The van der Waals surface area contributed by atoms with Crippen LogP contribution in [-0.4, -0.2) is 11.8 Å². The number of rotatable bonds is 0. The molecule has 1 heterocycles. The van der Waals surface area contributed by atoms with Crippen molar-refractivity contribution in [3.8, 4) is 0 Å². The van der Waals surface area contributed by atoms with E-state index in [1.165, 1.54) is 11.1 Å². The zero-order valence-electron chi connectivity index (χ0n) is 8.95. The lowest BCUT2D eigenvalue weighted by molar-refractivity contribution is -0.137. The number of amides is 2. The van der Waals surface area contributed by atoms with E-state index in [4.69, 9.17) is 0 Å². The fourth-order valence-electron chi connectivity index (χ4n) is 3.01. The molecule has 1 fully saturated rings. The first-order valence-corrected chi connectivity index (χ1v) is 5.56. The SMILES string of the molecule is O=C1CC2(CC(=O)N1)Cc1ccccc1C2. The van der Waals surface area contributed by atoms with Crippen molar-refractivity contribution in [1.82, 2.24) is 5.32 Å². The number of nitrogens with one attached hydrogen (secondary N) is 1. The molecule has 0 radical (unpaired) electrons. The molecule has 1 spiro atoms. The molecular formula is C13H13NO2. The van der Waals surface area contributed by atoms with Gasteiger partial charge < -0.3 is 0 Å². The smallest absolute Gasteiger partial charge is 0.227 e. The minimum atomic E-state index is -0.136. The monoisotopic (exact) mass is 215 g/mol. The summed E-state index contributed by atoms with van der Waals surface area (Å²) in [6, 6.07) is 8.23. The van der Waals surface area contributed by atoms with Gasteiger partial charge in [0.25, 0.3) is 0 Å². The number of fused-ring (bicyclic) bond motifs is 1. The maximum absolute atomic E-state index is 11.5. The average molecular weight is 215 g/mol. The highest BCUT2D eigenvalue weighted by Gasteiger charge is 2.43. The molecule has 3 nitrogen and oxygen atoms in total. The number of benzene rings is 1. The molecule has 16 heavy (non-hydrogen) atoms. The van der Waals surface area contributed by atoms with Gasteiger partial charge in [0.2, 0.25) is 11.8 Å². The molecular weight excluding hydrogens is 202 g/mol. The summed E-state index contributed by atoms with van der Waals surface area (Å²) in [6.07, 6.45) is 2.69. The van der Waals surface area contributed by atoms with Crippen LogP contribution in [0.4, 0.5) is 0 Å². The Morgan fingerprint density at radius 2 is 1.38 bits per heavy atom. The van der Waals surface area contributed by atoms with Gasteiger partial charge in [-0.15, -0.1) is 0 Å². The van der Waals surface area contributed by atoms with Crippen LogP contribution in [0.25, 0.3) is 0 Å². The van der Waals surface area contributed by atoms with Crippen LogP contribution in [0.1, 0.15) is 24.0 Å². The van der Waals surface area contributed by atoms with Crippen molar-refractivity contribution < 1.29 is 9.59 Å². The summed E-state index contributed by atoms with van der Waals surface area (Å²) in [5.41, 5.74) is 2.46. The Morgan fingerprint density at radius 3 is 1.88 bits per heavy atom.